The van der Waals surface area contributed by atoms with Crippen LogP contribution in [-0.2, 0) is 11.3 Å². The van der Waals surface area contributed by atoms with E-state index in [9.17, 15) is 4.79 Å². The highest BCUT2D eigenvalue weighted by atomic mass is 28.4. The first-order valence-electron chi connectivity index (χ1n) is 11.7. The number of para-hydroxylation sites is 1. The van der Waals surface area contributed by atoms with Crippen LogP contribution in [0.5, 0.6) is 5.88 Å². The standard InChI is InChI=1S/C27H37NO3Si/c1-8-30-27(29)25-23-16-12-13-17-24(23)28(18-22-14-10-9-11-15-22)26(25)31-32(19(2)3,20(4)5)21(6)7/h9-17,19-21H,8,18H2,1-7H3. The van der Waals surface area contributed by atoms with Gasteiger partial charge in [-0.05, 0) is 35.2 Å². The van der Waals surface area contributed by atoms with Gasteiger partial charge in [-0.1, -0.05) is 90.1 Å². The summed E-state index contributed by atoms with van der Waals surface area (Å²) in [4.78, 5) is 13.2. The van der Waals surface area contributed by atoms with Gasteiger partial charge >= 0.3 is 5.97 Å². The number of aromatic nitrogens is 1. The molecule has 0 amide bonds. The molecule has 0 bridgehead atoms. The fourth-order valence-electron chi connectivity index (χ4n) is 5.23. The van der Waals surface area contributed by atoms with Gasteiger partial charge in [0.15, 0.2) is 5.88 Å². The van der Waals surface area contributed by atoms with E-state index in [0.29, 0.717) is 41.2 Å². The fourth-order valence-corrected chi connectivity index (χ4v) is 10.5. The number of carbonyl (C=O) groups excluding carboxylic acids is 1. The quantitative estimate of drug-likeness (QED) is 0.251. The van der Waals surface area contributed by atoms with Gasteiger partial charge in [-0.15, -0.1) is 0 Å². The third-order valence-corrected chi connectivity index (χ3v) is 12.5. The van der Waals surface area contributed by atoms with Crippen molar-refractivity contribution in [1.29, 1.82) is 0 Å². The summed E-state index contributed by atoms with van der Waals surface area (Å²) >= 11 is 0. The summed E-state index contributed by atoms with van der Waals surface area (Å²) in [6.07, 6.45) is 0. The molecule has 0 N–H and O–H groups in total. The Morgan fingerprint density at radius 2 is 1.44 bits per heavy atom. The molecule has 1 heterocycles. The van der Waals surface area contributed by atoms with Crippen LogP contribution in [0.1, 0.15) is 64.4 Å². The first-order chi connectivity index (χ1) is 15.2. The van der Waals surface area contributed by atoms with Gasteiger partial charge in [-0.25, -0.2) is 4.79 Å². The van der Waals surface area contributed by atoms with Gasteiger partial charge in [0.25, 0.3) is 8.32 Å². The van der Waals surface area contributed by atoms with Crippen LogP contribution in [0, 0.1) is 0 Å². The normalized spacial score (nSPS) is 12.2. The Morgan fingerprint density at radius 1 is 0.875 bits per heavy atom. The molecule has 0 spiro atoms. The van der Waals surface area contributed by atoms with Gasteiger partial charge in [-0.2, -0.15) is 0 Å². The molecule has 0 saturated carbocycles. The number of hydrogen-bond donors (Lipinski definition) is 0. The number of ether oxygens (including phenoxy) is 1. The van der Waals surface area contributed by atoms with Crippen LogP contribution in [0.25, 0.3) is 10.9 Å². The summed E-state index contributed by atoms with van der Waals surface area (Å²) in [7, 11) is -2.31. The number of carbonyl (C=O) groups is 1. The monoisotopic (exact) mass is 451 g/mol. The molecule has 0 atom stereocenters. The summed E-state index contributed by atoms with van der Waals surface area (Å²) in [5, 5.41) is 0.885. The summed E-state index contributed by atoms with van der Waals surface area (Å²) in [6.45, 7) is 16.4. The van der Waals surface area contributed by atoms with E-state index in [1.54, 1.807) is 0 Å². The molecule has 0 radical (unpaired) electrons. The van der Waals surface area contributed by atoms with E-state index in [4.69, 9.17) is 9.16 Å². The molecule has 5 heteroatoms. The Morgan fingerprint density at radius 3 is 2.00 bits per heavy atom. The van der Waals surface area contributed by atoms with Crippen molar-refractivity contribution in [2.24, 2.45) is 0 Å². The van der Waals surface area contributed by atoms with E-state index in [-0.39, 0.29) is 5.97 Å². The molecule has 0 aliphatic carbocycles. The molecule has 0 aliphatic heterocycles. The van der Waals surface area contributed by atoms with Gasteiger partial charge in [0, 0.05) is 5.39 Å². The first kappa shape index (κ1) is 24.1. The molecule has 0 unspecified atom stereocenters. The second kappa shape index (κ2) is 9.95. The van der Waals surface area contributed by atoms with Crippen LogP contribution in [0.4, 0.5) is 0 Å². The summed E-state index contributed by atoms with van der Waals surface area (Å²) in [6, 6.07) is 18.4. The maximum Gasteiger partial charge on any atom is 0.344 e. The molecule has 3 aromatic rings. The summed E-state index contributed by atoms with van der Waals surface area (Å²) in [5.74, 6) is 0.348. The Hall–Kier alpha value is -2.53. The van der Waals surface area contributed by atoms with Gasteiger partial charge in [0.1, 0.15) is 5.56 Å². The van der Waals surface area contributed by atoms with Crippen LogP contribution in [0.2, 0.25) is 16.6 Å². The van der Waals surface area contributed by atoms with Crippen molar-refractivity contribution in [3.05, 3.63) is 65.7 Å². The van der Waals surface area contributed by atoms with Gasteiger partial charge in [0.05, 0.1) is 18.7 Å². The van der Waals surface area contributed by atoms with E-state index in [2.05, 4.69) is 64.3 Å². The number of hydrogen-bond acceptors (Lipinski definition) is 3. The van der Waals surface area contributed by atoms with Gasteiger partial charge in [0.2, 0.25) is 0 Å². The van der Waals surface area contributed by atoms with E-state index in [1.165, 1.54) is 5.56 Å². The highest BCUT2D eigenvalue weighted by Crippen LogP contribution is 2.45. The largest absolute Gasteiger partial charge is 0.530 e. The van der Waals surface area contributed by atoms with Gasteiger partial charge < -0.3 is 13.7 Å². The van der Waals surface area contributed by atoms with Crippen molar-refractivity contribution < 1.29 is 14.0 Å². The smallest absolute Gasteiger partial charge is 0.344 e. The second-order valence-electron chi connectivity index (χ2n) is 9.41. The minimum absolute atomic E-state index is 0.315. The minimum atomic E-state index is -2.31. The van der Waals surface area contributed by atoms with Crippen molar-refractivity contribution in [2.75, 3.05) is 6.61 Å². The number of nitrogens with zero attached hydrogens (tertiary/aromatic N) is 1. The molecular weight excluding hydrogens is 414 g/mol. The molecule has 172 valence electrons. The van der Waals surface area contributed by atoms with Crippen molar-refractivity contribution in [3.63, 3.8) is 0 Å². The highest BCUT2D eigenvalue weighted by Gasteiger charge is 2.48. The number of fused-ring (bicyclic) bond motifs is 1. The fraction of sp³-hybridized carbons (Fsp3) is 0.444. The zero-order valence-corrected chi connectivity index (χ0v) is 21.5. The van der Waals surface area contributed by atoms with Crippen molar-refractivity contribution in [2.45, 2.75) is 71.6 Å². The Labute approximate surface area is 193 Å². The third kappa shape index (κ3) is 4.36. The molecule has 4 nitrogen and oxygen atoms in total. The number of esters is 1. The van der Waals surface area contributed by atoms with Crippen molar-refractivity contribution >= 4 is 25.2 Å². The van der Waals surface area contributed by atoms with Crippen LogP contribution < -0.4 is 4.43 Å². The van der Waals surface area contributed by atoms with Gasteiger partial charge in [-0.3, -0.25) is 0 Å². The third-order valence-electron chi connectivity index (χ3n) is 6.57. The second-order valence-corrected chi connectivity index (χ2v) is 14.8. The molecule has 0 aliphatic rings. The van der Waals surface area contributed by atoms with Crippen LogP contribution in [-0.4, -0.2) is 25.5 Å². The minimum Gasteiger partial charge on any atom is -0.530 e. The topological polar surface area (TPSA) is 40.5 Å². The molecular formula is C27H37NO3Si. The molecule has 32 heavy (non-hydrogen) atoms. The zero-order valence-electron chi connectivity index (χ0n) is 20.5. The maximum absolute atomic E-state index is 13.2. The molecule has 2 aromatic carbocycles. The maximum atomic E-state index is 13.2. The lowest BCUT2D eigenvalue weighted by Gasteiger charge is -2.42. The lowest BCUT2D eigenvalue weighted by Crippen LogP contribution is -2.51. The SMILES string of the molecule is CCOC(=O)c1c(O[Si](C(C)C)(C(C)C)C(C)C)n(Cc2ccccc2)c2ccccc12. The molecule has 1 aromatic heterocycles. The lowest BCUT2D eigenvalue weighted by atomic mass is 10.2. The van der Waals surface area contributed by atoms with E-state index >= 15 is 0 Å². The Bertz CT molecular complexity index is 1030. The Balaban J connectivity index is 2.31. The predicted molar refractivity (Wildman–Crippen MR) is 135 cm³/mol. The van der Waals surface area contributed by atoms with E-state index < -0.39 is 8.32 Å². The highest BCUT2D eigenvalue weighted by molar-refractivity contribution is 6.78. The van der Waals surface area contributed by atoms with Crippen LogP contribution in [0.15, 0.2) is 54.6 Å². The molecule has 0 saturated heterocycles. The van der Waals surface area contributed by atoms with Crippen LogP contribution in [0.3, 0.4) is 0 Å². The zero-order chi connectivity index (χ0) is 23.5. The van der Waals surface area contributed by atoms with E-state index in [0.717, 1.165) is 10.9 Å². The first-order valence-corrected chi connectivity index (χ1v) is 13.9. The van der Waals surface area contributed by atoms with Crippen molar-refractivity contribution in [1.82, 2.24) is 4.57 Å². The summed E-state index contributed by atoms with van der Waals surface area (Å²) < 4.78 is 14.9. The average molecular weight is 452 g/mol. The van der Waals surface area contributed by atoms with E-state index in [1.807, 2.05) is 43.3 Å². The van der Waals surface area contributed by atoms with Crippen molar-refractivity contribution in [3.8, 4) is 5.88 Å². The average Bonchev–Trinajstić information content (AvgIpc) is 3.05. The summed E-state index contributed by atoms with van der Waals surface area (Å²) in [5.41, 5.74) is 3.88. The number of rotatable bonds is 9. The number of benzene rings is 2. The Kier molecular flexibility index (Phi) is 7.50. The predicted octanol–water partition coefficient (Wildman–Crippen LogP) is 7.42. The molecule has 3 rings (SSSR count). The lowest BCUT2D eigenvalue weighted by molar-refractivity contribution is 0.0525. The van der Waals surface area contributed by atoms with Crippen LogP contribution >= 0.6 is 0 Å². The molecule has 0 fully saturated rings.